The van der Waals surface area contributed by atoms with Crippen molar-refractivity contribution in [2.45, 2.75) is 19.6 Å². The number of carbonyl (C=O) groups is 1. The minimum atomic E-state index is -2.88. The Balaban J connectivity index is 2.00. The van der Waals surface area contributed by atoms with Gasteiger partial charge in [-0.3, -0.25) is 4.79 Å². The normalized spacial score (nSPS) is 12.0. The van der Waals surface area contributed by atoms with E-state index in [1.54, 1.807) is 0 Å². The molecule has 0 bridgehead atoms. The third-order valence-electron chi connectivity index (χ3n) is 3.06. The van der Waals surface area contributed by atoms with E-state index >= 15 is 0 Å². The number of benzene rings is 2. The van der Waals surface area contributed by atoms with Crippen molar-refractivity contribution in [2.24, 2.45) is 0 Å². The van der Waals surface area contributed by atoms with Gasteiger partial charge in [0.25, 0.3) is 5.91 Å². The fraction of sp³-hybridized carbons (Fsp3) is 0.188. The molecule has 0 heterocycles. The van der Waals surface area contributed by atoms with E-state index in [9.17, 15) is 13.6 Å². The highest BCUT2D eigenvalue weighted by atomic mass is 79.9. The molecule has 0 aliphatic rings. The lowest BCUT2D eigenvalue weighted by atomic mass is 10.1. The quantitative estimate of drug-likeness (QED) is 0.839. The Morgan fingerprint density at radius 2 is 1.68 bits per heavy atom. The number of ether oxygens (including phenoxy) is 1. The van der Waals surface area contributed by atoms with Gasteiger partial charge >= 0.3 is 6.61 Å². The van der Waals surface area contributed by atoms with E-state index in [1.807, 2.05) is 31.2 Å². The van der Waals surface area contributed by atoms with Crippen molar-refractivity contribution in [1.29, 1.82) is 0 Å². The summed E-state index contributed by atoms with van der Waals surface area (Å²) >= 11 is 3.35. The molecule has 0 aliphatic heterocycles. The smallest absolute Gasteiger partial charge is 0.387 e. The molecule has 6 heteroatoms. The number of rotatable bonds is 5. The highest BCUT2D eigenvalue weighted by Gasteiger charge is 2.12. The summed E-state index contributed by atoms with van der Waals surface area (Å²) in [5.74, 6) is -0.258. The standard InChI is InChI=1S/C16H14BrF2NO2/c1-10(11-2-6-13(17)7-3-11)20-15(21)12-4-8-14(9-5-12)22-16(18)19/h2-10,16H,1H3,(H,20,21)/t10-/m1/s1. The summed E-state index contributed by atoms with van der Waals surface area (Å²) in [4.78, 5) is 12.1. The summed E-state index contributed by atoms with van der Waals surface area (Å²) < 4.78 is 29.3. The molecule has 116 valence electrons. The number of alkyl halides is 2. The third kappa shape index (κ3) is 4.53. The molecular formula is C16H14BrF2NO2. The van der Waals surface area contributed by atoms with Crippen LogP contribution < -0.4 is 10.1 Å². The van der Waals surface area contributed by atoms with Crippen LogP contribution in [0.1, 0.15) is 28.9 Å². The van der Waals surface area contributed by atoms with E-state index in [0.717, 1.165) is 10.0 Å². The zero-order valence-corrected chi connectivity index (χ0v) is 13.3. The molecule has 0 radical (unpaired) electrons. The van der Waals surface area contributed by atoms with E-state index in [1.165, 1.54) is 24.3 Å². The van der Waals surface area contributed by atoms with Gasteiger partial charge in [-0.2, -0.15) is 8.78 Å². The van der Waals surface area contributed by atoms with Gasteiger partial charge in [0.1, 0.15) is 5.75 Å². The average molecular weight is 370 g/mol. The average Bonchev–Trinajstić information content (AvgIpc) is 2.48. The second kappa shape index (κ2) is 7.35. The van der Waals surface area contributed by atoms with Crippen LogP contribution in [-0.4, -0.2) is 12.5 Å². The Morgan fingerprint density at radius 1 is 1.09 bits per heavy atom. The minimum absolute atomic E-state index is 0.0208. The number of halogens is 3. The van der Waals surface area contributed by atoms with Crippen LogP contribution in [0.15, 0.2) is 53.0 Å². The van der Waals surface area contributed by atoms with Crippen LogP contribution in [0.4, 0.5) is 8.78 Å². The third-order valence-corrected chi connectivity index (χ3v) is 3.59. The molecule has 0 unspecified atom stereocenters. The predicted octanol–water partition coefficient (Wildman–Crippen LogP) is 4.54. The Bertz CT molecular complexity index is 630. The predicted molar refractivity (Wildman–Crippen MR) is 83.1 cm³/mol. The second-order valence-electron chi connectivity index (χ2n) is 4.65. The highest BCUT2D eigenvalue weighted by molar-refractivity contribution is 9.10. The van der Waals surface area contributed by atoms with Crippen molar-refractivity contribution in [1.82, 2.24) is 5.32 Å². The lowest BCUT2D eigenvalue weighted by Crippen LogP contribution is -2.26. The van der Waals surface area contributed by atoms with Crippen LogP contribution in [0, 0.1) is 0 Å². The van der Waals surface area contributed by atoms with Crippen molar-refractivity contribution >= 4 is 21.8 Å². The number of hydrogen-bond donors (Lipinski definition) is 1. The van der Waals surface area contributed by atoms with Crippen molar-refractivity contribution in [3.05, 3.63) is 64.1 Å². The molecule has 0 aromatic heterocycles. The van der Waals surface area contributed by atoms with Gasteiger partial charge in [0.05, 0.1) is 6.04 Å². The SMILES string of the molecule is C[C@@H](NC(=O)c1ccc(OC(F)F)cc1)c1ccc(Br)cc1. The maximum Gasteiger partial charge on any atom is 0.387 e. The van der Waals surface area contributed by atoms with Gasteiger partial charge in [-0.15, -0.1) is 0 Å². The summed E-state index contributed by atoms with van der Waals surface area (Å²) in [6, 6.07) is 13.0. The van der Waals surface area contributed by atoms with E-state index in [-0.39, 0.29) is 17.7 Å². The van der Waals surface area contributed by atoms with E-state index in [0.29, 0.717) is 5.56 Å². The minimum Gasteiger partial charge on any atom is -0.435 e. The van der Waals surface area contributed by atoms with Crippen LogP contribution >= 0.6 is 15.9 Å². The highest BCUT2D eigenvalue weighted by Crippen LogP contribution is 2.18. The van der Waals surface area contributed by atoms with Gasteiger partial charge in [-0.25, -0.2) is 0 Å². The molecule has 1 amide bonds. The molecule has 2 aromatic carbocycles. The fourth-order valence-corrected chi connectivity index (χ4v) is 2.17. The maximum atomic E-state index is 12.1. The first-order valence-electron chi connectivity index (χ1n) is 6.57. The Morgan fingerprint density at radius 3 is 2.23 bits per heavy atom. The zero-order valence-electron chi connectivity index (χ0n) is 11.7. The Hall–Kier alpha value is -1.95. The molecule has 1 N–H and O–H groups in total. The van der Waals surface area contributed by atoms with Crippen molar-refractivity contribution in [3.63, 3.8) is 0 Å². The van der Waals surface area contributed by atoms with Crippen LogP contribution in [0.2, 0.25) is 0 Å². The van der Waals surface area contributed by atoms with Crippen LogP contribution in [0.3, 0.4) is 0 Å². The lowest BCUT2D eigenvalue weighted by molar-refractivity contribution is -0.0498. The zero-order chi connectivity index (χ0) is 16.1. The Kier molecular flexibility index (Phi) is 5.49. The summed E-state index contributed by atoms with van der Waals surface area (Å²) in [5.41, 5.74) is 1.35. The number of carbonyl (C=O) groups excluding carboxylic acids is 1. The van der Waals surface area contributed by atoms with E-state index in [4.69, 9.17) is 0 Å². The number of nitrogens with one attached hydrogen (secondary N) is 1. The van der Waals surface area contributed by atoms with Crippen LogP contribution in [0.5, 0.6) is 5.75 Å². The van der Waals surface area contributed by atoms with Gasteiger partial charge in [-0.1, -0.05) is 28.1 Å². The largest absolute Gasteiger partial charge is 0.435 e. The summed E-state index contributed by atoms with van der Waals surface area (Å²) in [6.07, 6.45) is 0. The molecule has 0 fully saturated rings. The Labute approximate surface area is 135 Å². The van der Waals surface area contributed by atoms with E-state index in [2.05, 4.69) is 26.0 Å². The van der Waals surface area contributed by atoms with Crippen molar-refractivity contribution in [2.75, 3.05) is 0 Å². The molecule has 0 spiro atoms. The first-order chi connectivity index (χ1) is 10.5. The molecule has 0 saturated carbocycles. The summed E-state index contributed by atoms with van der Waals surface area (Å²) in [5, 5.41) is 2.85. The number of hydrogen-bond acceptors (Lipinski definition) is 2. The van der Waals surface area contributed by atoms with Gasteiger partial charge in [-0.05, 0) is 48.9 Å². The molecule has 2 aromatic rings. The molecule has 22 heavy (non-hydrogen) atoms. The summed E-state index contributed by atoms with van der Waals surface area (Å²) in [6.45, 7) is -1.01. The number of amides is 1. The first kappa shape index (κ1) is 16.4. The van der Waals surface area contributed by atoms with Gasteiger partial charge < -0.3 is 10.1 Å². The lowest BCUT2D eigenvalue weighted by Gasteiger charge is -2.14. The fourth-order valence-electron chi connectivity index (χ4n) is 1.90. The summed E-state index contributed by atoms with van der Waals surface area (Å²) in [7, 11) is 0. The molecule has 0 saturated heterocycles. The van der Waals surface area contributed by atoms with Gasteiger partial charge in [0.15, 0.2) is 0 Å². The van der Waals surface area contributed by atoms with Crippen LogP contribution in [0.25, 0.3) is 0 Å². The topological polar surface area (TPSA) is 38.3 Å². The van der Waals surface area contributed by atoms with Crippen molar-refractivity contribution < 1.29 is 18.3 Å². The molecule has 2 rings (SSSR count). The molecule has 3 nitrogen and oxygen atoms in total. The van der Waals surface area contributed by atoms with Crippen LogP contribution in [-0.2, 0) is 0 Å². The first-order valence-corrected chi connectivity index (χ1v) is 7.36. The molecule has 0 aliphatic carbocycles. The second-order valence-corrected chi connectivity index (χ2v) is 5.57. The molecular weight excluding hydrogens is 356 g/mol. The van der Waals surface area contributed by atoms with E-state index < -0.39 is 6.61 Å². The van der Waals surface area contributed by atoms with Gasteiger partial charge in [0.2, 0.25) is 0 Å². The van der Waals surface area contributed by atoms with Crippen molar-refractivity contribution in [3.8, 4) is 5.75 Å². The van der Waals surface area contributed by atoms with Gasteiger partial charge in [0, 0.05) is 10.0 Å². The molecule has 1 atom stereocenters. The monoisotopic (exact) mass is 369 g/mol. The maximum absolute atomic E-state index is 12.1.